The van der Waals surface area contributed by atoms with E-state index < -0.39 is 11.5 Å². The fourth-order valence-electron chi connectivity index (χ4n) is 2.15. The first-order valence-corrected chi connectivity index (χ1v) is 7.77. The molecule has 0 radical (unpaired) electrons. The highest BCUT2D eigenvalue weighted by Crippen LogP contribution is 2.27. The van der Waals surface area contributed by atoms with E-state index in [0.717, 1.165) is 0 Å². The number of carbonyl (C=O) groups excluding carboxylic acids is 1. The van der Waals surface area contributed by atoms with Gasteiger partial charge in [-0.15, -0.1) is 0 Å². The van der Waals surface area contributed by atoms with Crippen molar-refractivity contribution in [1.82, 2.24) is 9.97 Å². The van der Waals surface area contributed by atoms with Gasteiger partial charge in [0.05, 0.1) is 17.8 Å². The van der Waals surface area contributed by atoms with Crippen LogP contribution in [0.25, 0.3) is 0 Å². The Labute approximate surface area is 145 Å². The maximum Gasteiger partial charge on any atom is 0.264 e. The number of ether oxygens (including phenoxy) is 1. The van der Waals surface area contributed by atoms with E-state index in [1.165, 1.54) is 7.11 Å². The zero-order valence-corrected chi connectivity index (χ0v) is 15.0. The summed E-state index contributed by atoms with van der Waals surface area (Å²) in [5.74, 6) is 0.497. The van der Waals surface area contributed by atoms with Crippen molar-refractivity contribution in [2.75, 3.05) is 12.4 Å². The number of aryl methyl sites for hydroxylation is 1. The second-order valence-electron chi connectivity index (χ2n) is 6.43. The van der Waals surface area contributed by atoms with E-state index in [1.807, 2.05) is 20.8 Å². The average Bonchev–Trinajstić information content (AvgIpc) is 2.45. The zero-order chi connectivity index (χ0) is 18.1. The Kier molecular flexibility index (Phi) is 4.99. The number of amides is 1. The Morgan fingerprint density at radius 2 is 2.00 bits per heavy atom. The van der Waals surface area contributed by atoms with Crippen molar-refractivity contribution in [3.05, 3.63) is 50.7 Å². The number of methoxy groups -OCH3 is 1. The second-order valence-corrected chi connectivity index (χ2v) is 6.84. The van der Waals surface area contributed by atoms with Crippen LogP contribution in [0.15, 0.2) is 23.0 Å². The molecule has 1 aromatic heterocycles. The second kappa shape index (κ2) is 6.65. The van der Waals surface area contributed by atoms with Crippen molar-refractivity contribution >= 4 is 23.2 Å². The Bertz CT molecular complexity index is 838. The van der Waals surface area contributed by atoms with Crippen LogP contribution in [-0.4, -0.2) is 23.0 Å². The first-order valence-electron chi connectivity index (χ1n) is 7.39. The van der Waals surface area contributed by atoms with E-state index >= 15 is 0 Å². The Morgan fingerprint density at radius 3 is 2.50 bits per heavy atom. The molecule has 0 aliphatic rings. The van der Waals surface area contributed by atoms with E-state index in [1.54, 1.807) is 25.1 Å². The number of benzene rings is 1. The molecular weight excluding hydrogens is 330 g/mol. The summed E-state index contributed by atoms with van der Waals surface area (Å²) < 4.78 is 5.06. The minimum absolute atomic E-state index is 0.0186. The summed E-state index contributed by atoms with van der Waals surface area (Å²) in [4.78, 5) is 31.8. The molecule has 1 aromatic carbocycles. The van der Waals surface area contributed by atoms with Crippen molar-refractivity contribution in [2.45, 2.75) is 33.1 Å². The summed E-state index contributed by atoms with van der Waals surface area (Å²) in [7, 11) is 1.50. The van der Waals surface area contributed by atoms with Crippen molar-refractivity contribution in [2.24, 2.45) is 0 Å². The average molecular weight is 350 g/mol. The van der Waals surface area contributed by atoms with Crippen LogP contribution < -0.4 is 15.6 Å². The summed E-state index contributed by atoms with van der Waals surface area (Å²) in [6.07, 6.45) is 0. The third-order valence-corrected chi connectivity index (χ3v) is 3.74. The summed E-state index contributed by atoms with van der Waals surface area (Å²) in [6.45, 7) is 7.44. The predicted octanol–water partition coefficient (Wildman–Crippen LogP) is 3.29. The van der Waals surface area contributed by atoms with E-state index in [9.17, 15) is 9.59 Å². The minimum Gasteiger partial charge on any atom is -0.495 e. The molecular formula is C17H20ClN3O3. The number of hydrogen-bond acceptors (Lipinski definition) is 4. The van der Waals surface area contributed by atoms with E-state index in [2.05, 4.69) is 15.3 Å². The summed E-state index contributed by atoms with van der Waals surface area (Å²) in [5.41, 5.74) is 0.0346. The smallest absolute Gasteiger partial charge is 0.264 e. The number of anilines is 1. The molecule has 0 bridgehead atoms. The van der Waals surface area contributed by atoms with Crippen molar-refractivity contribution in [3.63, 3.8) is 0 Å². The monoisotopic (exact) mass is 349 g/mol. The van der Waals surface area contributed by atoms with Crippen molar-refractivity contribution < 1.29 is 9.53 Å². The van der Waals surface area contributed by atoms with Gasteiger partial charge in [-0.2, -0.15) is 0 Å². The molecule has 7 heteroatoms. The van der Waals surface area contributed by atoms with Gasteiger partial charge in [-0.05, 0) is 25.1 Å². The van der Waals surface area contributed by atoms with Gasteiger partial charge in [0, 0.05) is 11.1 Å². The van der Waals surface area contributed by atoms with Crippen molar-refractivity contribution in [1.29, 1.82) is 0 Å². The van der Waals surface area contributed by atoms with E-state index in [4.69, 9.17) is 16.3 Å². The van der Waals surface area contributed by atoms with Gasteiger partial charge in [0.1, 0.15) is 17.1 Å². The van der Waals surface area contributed by atoms with Crippen LogP contribution in [-0.2, 0) is 5.41 Å². The molecule has 1 amide bonds. The molecule has 24 heavy (non-hydrogen) atoms. The van der Waals surface area contributed by atoms with Gasteiger partial charge < -0.3 is 15.0 Å². The van der Waals surface area contributed by atoms with Gasteiger partial charge in [0.15, 0.2) is 0 Å². The topological polar surface area (TPSA) is 84.1 Å². The van der Waals surface area contributed by atoms with Gasteiger partial charge >= 0.3 is 0 Å². The van der Waals surface area contributed by atoms with Gasteiger partial charge in [-0.3, -0.25) is 9.59 Å². The molecule has 1 heterocycles. The molecule has 0 aliphatic carbocycles. The lowest BCUT2D eigenvalue weighted by atomic mass is 9.95. The first-order chi connectivity index (χ1) is 11.1. The lowest BCUT2D eigenvalue weighted by Crippen LogP contribution is -2.30. The standard InChI is InChI=1S/C17H20ClN3O3/c1-9-13(15(23)21-16(19-9)17(2,3)4)14(22)20-10-6-7-12(24-5)11(18)8-10/h6-8H,1-5H3,(H,20,22)(H,19,21,23). The summed E-state index contributed by atoms with van der Waals surface area (Å²) in [6, 6.07) is 4.83. The van der Waals surface area contributed by atoms with Gasteiger partial charge in [-0.1, -0.05) is 32.4 Å². The van der Waals surface area contributed by atoms with Crippen molar-refractivity contribution in [3.8, 4) is 5.75 Å². The predicted molar refractivity (Wildman–Crippen MR) is 94.3 cm³/mol. The van der Waals surface area contributed by atoms with Crippen LogP contribution in [0.1, 0.15) is 42.6 Å². The highest BCUT2D eigenvalue weighted by atomic mass is 35.5. The highest BCUT2D eigenvalue weighted by Gasteiger charge is 2.22. The number of H-pyrrole nitrogens is 1. The molecule has 0 unspecified atom stereocenters. The molecule has 0 saturated heterocycles. The fourth-order valence-corrected chi connectivity index (χ4v) is 2.40. The minimum atomic E-state index is -0.539. The van der Waals surface area contributed by atoms with Crippen LogP contribution in [0, 0.1) is 6.92 Å². The number of carbonyl (C=O) groups is 1. The Balaban J connectivity index is 2.34. The lowest BCUT2D eigenvalue weighted by Gasteiger charge is -2.18. The highest BCUT2D eigenvalue weighted by molar-refractivity contribution is 6.32. The molecule has 0 aliphatic heterocycles. The molecule has 6 nitrogen and oxygen atoms in total. The number of aromatic amines is 1. The fraction of sp³-hybridized carbons (Fsp3) is 0.353. The largest absolute Gasteiger partial charge is 0.495 e. The normalized spacial score (nSPS) is 11.2. The Morgan fingerprint density at radius 1 is 1.33 bits per heavy atom. The quantitative estimate of drug-likeness (QED) is 0.890. The third kappa shape index (κ3) is 3.76. The zero-order valence-electron chi connectivity index (χ0n) is 14.3. The summed E-state index contributed by atoms with van der Waals surface area (Å²) >= 11 is 6.04. The van der Waals surface area contributed by atoms with Crippen LogP contribution in [0.3, 0.4) is 0 Å². The maximum atomic E-state index is 12.4. The molecule has 0 spiro atoms. The number of nitrogens with zero attached hydrogens (tertiary/aromatic N) is 1. The number of nitrogens with one attached hydrogen (secondary N) is 2. The molecule has 2 N–H and O–H groups in total. The number of aromatic nitrogens is 2. The molecule has 2 aromatic rings. The van der Waals surface area contributed by atoms with Gasteiger partial charge in [0.25, 0.3) is 11.5 Å². The molecule has 0 saturated carbocycles. The molecule has 128 valence electrons. The number of hydrogen-bond donors (Lipinski definition) is 2. The Hall–Kier alpha value is -2.34. The molecule has 2 rings (SSSR count). The summed E-state index contributed by atoms with van der Waals surface area (Å²) in [5, 5.41) is 3.01. The maximum absolute atomic E-state index is 12.4. The molecule has 0 fully saturated rings. The number of halogens is 1. The van der Waals surface area contributed by atoms with E-state index in [0.29, 0.717) is 28.0 Å². The van der Waals surface area contributed by atoms with Gasteiger partial charge in [-0.25, -0.2) is 4.98 Å². The SMILES string of the molecule is COc1ccc(NC(=O)c2c(C)nc(C(C)(C)C)[nH]c2=O)cc1Cl. The molecule has 0 atom stereocenters. The van der Waals surface area contributed by atoms with E-state index in [-0.39, 0.29) is 11.0 Å². The lowest BCUT2D eigenvalue weighted by molar-refractivity contribution is 0.102. The first kappa shape index (κ1) is 18.0. The number of rotatable bonds is 3. The van der Waals surface area contributed by atoms with Crippen LogP contribution >= 0.6 is 11.6 Å². The third-order valence-electron chi connectivity index (χ3n) is 3.45. The van der Waals surface area contributed by atoms with Gasteiger partial charge in [0.2, 0.25) is 0 Å². The van der Waals surface area contributed by atoms with Crippen LogP contribution in [0.5, 0.6) is 5.75 Å². The van der Waals surface area contributed by atoms with Crippen LogP contribution in [0.2, 0.25) is 5.02 Å². The van der Waals surface area contributed by atoms with Crippen LogP contribution in [0.4, 0.5) is 5.69 Å².